The van der Waals surface area contributed by atoms with E-state index in [-0.39, 0.29) is 23.7 Å². The Labute approximate surface area is 213 Å². The van der Waals surface area contributed by atoms with E-state index < -0.39 is 18.3 Å². The van der Waals surface area contributed by atoms with Gasteiger partial charge < -0.3 is 10.2 Å². The van der Waals surface area contributed by atoms with E-state index in [2.05, 4.69) is 10.4 Å². The van der Waals surface area contributed by atoms with Crippen molar-refractivity contribution in [3.8, 4) is 0 Å². The van der Waals surface area contributed by atoms with Crippen LogP contribution in [0.1, 0.15) is 51.1 Å². The summed E-state index contributed by atoms with van der Waals surface area (Å²) >= 11 is 0. The van der Waals surface area contributed by atoms with Gasteiger partial charge in [-0.1, -0.05) is 90.5 Å². The zero-order chi connectivity index (χ0) is 26.0. The van der Waals surface area contributed by atoms with Crippen molar-refractivity contribution < 1.29 is 18.0 Å². The summed E-state index contributed by atoms with van der Waals surface area (Å²) in [5.74, 6) is -0.290. The maximum atomic E-state index is 14.1. The highest BCUT2D eigenvalue weighted by atomic mass is 19.4. The number of benzene rings is 3. The number of carbonyl (C=O) groups excluding carboxylic acids is 1. The van der Waals surface area contributed by atoms with Gasteiger partial charge >= 0.3 is 6.18 Å². The van der Waals surface area contributed by atoms with Crippen molar-refractivity contribution in [1.82, 2.24) is 14.7 Å². The first-order valence-corrected chi connectivity index (χ1v) is 12.1. The Morgan fingerprint density at radius 2 is 1.51 bits per heavy atom. The minimum absolute atomic E-state index is 0.0928. The van der Waals surface area contributed by atoms with Crippen LogP contribution in [0.15, 0.2) is 91.1 Å². The number of anilines is 1. The molecule has 1 aromatic heterocycles. The number of nitrogens with zero attached hydrogens (tertiary/aromatic N) is 3. The molecule has 1 aliphatic heterocycles. The van der Waals surface area contributed by atoms with Gasteiger partial charge in [0.05, 0.1) is 12.2 Å². The van der Waals surface area contributed by atoms with Crippen LogP contribution in [0.5, 0.6) is 0 Å². The molecule has 1 N–H and O–H groups in total. The summed E-state index contributed by atoms with van der Waals surface area (Å²) in [6, 6.07) is 24.0. The molecule has 0 spiro atoms. The number of hydrogen-bond acceptors (Lipinski definition) is 3. The van der Waals surface area contributed by atoms with Crippen molar-refractivity contribution in [2.45, 2.75) is 44.7 Å². The van der Waals surface area contributed by atoms with E-state index in [1.54, 1.807) is 4.90 Å². The van der Waals surface area contributed by atoms with Crippen LogP contribution in [0.3, 0.4) is 0 Å². The highest BCUT2D eigenvalue weighted by Crippen LogP contribution is 2.44. The molecule has 37 heavy (non-hydrogen) atoms. The molecule has 8 heteroatoms. The predicted octanol–water partition coefficient (Wildman–Crippen LogP) is 6.69. The first kappa shape index (κ1) is 24.6. The molecule has 0 saturated heterocycles. The Balaban J connectivity index is 1.51. The Hall–Kier alpha value is -4.07. The molecule has 4 aromatic rings. The smallest absolute Gasteiger partial charge is 0.363 e. The first-order chi connectivity index (χ1) is 17.8. The SMILES string of the molecule is Cc1ccc([C@@H]2C[C@H](C(F)(F)F)n3ncc(C(=O)N(Cc4ccccc4)Cc4ccccc4)c3N2)cc1. The van der Waals surface area contributed by atoms with E-state index in [0.29, 0.717) is 13.1 Å². The predicted molar refractivity (Wildman–Crippen MR) is 136 cm³/mol. The van der Waals surface area contributed by atoms with E-state index >= 15 is 0 Å². The van der Waals surface area contributed by atoms with Crippen LogP contribution in [-0.4, -0.2) is 26.8 Å². The molecule has 0 saturated carbocycles. The molecule has 0 radical (unpaired) electrons. The number of hydrogen-bond donors (Lipinski definition) is 1. The van der Waals surface area contributed by atoms with E-state index in [1.165, 1.54) is 6.20 Å². The maximum Gasteiger partial charge on any atom is 0.410 e. The Bertz CT molecular complexity index is 1310. The van der Waals surface area contributed by atoms with Gasteiger partial charge in [-0.15, -0.1) is 0 Å². The minimum Gasteiger partial charge on any atom is -0.363 e. The van der Waals surface area contributed by atoms with Crippen molar-refractivity contribution in [1.29, 1.82) is 0 Å². The van der Waals surface area contributed by atoms with Crippen LogP contribution in [-0.2, 0) is 13.1 Å². The van der Waals surface area contributed by atoms with E-state index in [9.17, 15) is 18.0 Å². The minimum atomic E-state index is -4.51. The topological polar surface area (TPSA) is 50.2 Å². The lowest BCUT2D eigenvalue weighted by Gasteiger charge is -2.34. The van der Waals surface area contributed by atoms with E-state index in [1.807, 2.05) is 91.9 Å². The number of alkyl halides is 3. The Morgan fingerprint density at radius 1 is 0.946 bits per heavy atom. The number of nitrogens with one attached hydrogen (secondary N) is 1. The molecule has 2 heterocycles. The van der Waals surface area contributed by atoms with Gasteiger partial charge in [0, 0.05) is 19.5 Å². The zero-order valence-electron chi connectivity index (χ0n) is 20.3. The molecule has 1 aliphatic rings. The molecule has 1 amide bonds. The Morgan fingerprint density at radius 3 is 2.05 bits per heavy atom. The van der Waals surface area contributed by atoms with Crippen molar-refractivity contribution in [3.05, 3.63) is 119 Å². The molecule has 0 fully saturated rings. The molecular weight excluding hydrogens is 477 g/mol. The van der Waals surface area contributed by atoms with Crippen LogP contribution < -0.4 is 5.32 Å². The van der Waals surface area contributed by atoms with Crippen molar-refractivity contribution in [2.24, 2.45) is 0 Å². The van der Waals surface area contributed by atoms with Crippen LogP contribution in [0, 0.1) is 6.92 Å². The number of amides is 1. The van der Waals surface area contributed by atoms with Crippen LogP contribution >= 0.6 is 0 Å². The van der Waals surface area contributed by atoms with Gasteiger partial charge in [0.2, 0.25) is 0 Å². The van der Waals surface area contributed by atoms with E-state index in [4.69, 9.17) is 0 Å². The number of fused-ring (bicyclic) bond motifs is 1. The normalized spacial score (nSPS) is 17.1. The number of aryl methyl sites for hydroxylation is 1. The van der Waals surface area contributed by atoms with Gasteiger partial charge in [-0.3, -0.25) is 4.79 Å². The van der Waals surface area contributed by atoms with Gasteiger partial charge in [-0.25, -0.2) is 4.68 Å². The zero-order valence-corrected chi connectivity index (χ0v) is 20.3. The van der Waals surface area contributed by atoms with Gasteiger partial charge in [-0.05, 0) is 23.6 Å². The molecule has 3 aromatic carbocycles. The summed E-state index contributed by atoms with van der Waals surface area (Å²) in [5, 5.41) is 7.25. The lowest BCUT2D eigenvalue weighted by Crippen LogP contribution is -2.37. The summed E-state index contributed by atoms with van der Waals surface area (Å²) in [6.45, 7) is 2.54. The third-order valence-electron chi connectivity index (χ3n) is 6.67. The number of carbonyl (C=O) groups is 1. The van der Waals surface area contributed by atoms with Gasteiger partial charge in [0.25, 0.3) is 5.91 Å². The lowest BCUT2D eigenvalue weighted by atomic mass is 9.96. The quantitative estimate of drug-likeness (QED) is 0.318. The van der Waals surface area contributed by atoms with Crippen molar-refractivity contribution >= 4 is 11.7 Å². The number of rotatable bonds is 6. The fraction of sp³-hybridized carbons (Fsp3) is 0.241. The van der Waals surface area contributed by atoms with E-state index in [0.717, 1.165) is 26.9 Å². The van der Waals surface area contributed by atoms with Gasteiger partial charge in [0.1, 0.15) is 11.4 Å². The summed E-state index contributed by atoms with van der Waals surface area (Å²) in [5.41, 5.74) is 3.72. The largest absolute Gasteiger partial charge is 0.410 e. The molecule has 0 bridgehead atoms. The summed E-state index contributed by atoms with van der Waals surface area (Å²) < 4.78 is 43.3. The fourth-order valence-corrected chi connectivity index (χ4v) is 4.71. The standard InChI is InChI=1S/C29H27F3N4O/c1-20-12-14-23(15-13-20)25-16-26(29(30,31)32)36-27(34-25)24(17-33-36)28(37)35(18-21-8-4-2-5-9-21)19-22-10-6-3-7-11-22/h2-15,17,25-26,34H,16,18-19H2,1H3/t25-,26+/m0/s1. The second-order valence-corrected chi connectivity index (χ2v) is 9.38. The average molecular weight is 505 g/mol. The highest BCUT2D eigenvalue weighted by Gasteiger charge is 2.47. The van der Waals surface area contributed by atoms with Crippen molar-refractivity contribution in [3.63, 3.8) is 0 Å². The highest BCUT2D eigenvalue weighted by molar-refractivity contribution is 5.99. The average Bonchev–Trinajstić information content (AvgIpc) is 3.32. The van der Waals surface area contributed by atoms with Crippen LogP contribution in [0.2, 0.25) is 0 Å². The molecule has 0 aliphatic carbocycles. The maximum absolute atomic E-state index is 14.1. The lowest BCUT2D eigenvalue weighted by molar-refractivity contribution is -0.173. The molecule has 190 valence electrons. The summed E-state index contributed by atoms with van der Waals surface area (Å²) in [7, 11) is 0. The summed E-state index contributed by atoms with van der Waals surface area (Å²) in [4.78, 5) is 15.5. The third-order valence-corrected chi connectivity index (χ3v) is 6.67. The monoisotopic (exact) mass is 504 g/mol. The fourth-order valence-electron chi connectivity index (χ4n) is 4.71. The molecule has 2 atom stereocenters. The Kier molecular flexibility index (Phi) is 6.74. The van der Waals surface area contributed by atoms with Crippen LogP contribution in [0.4, 0.5) is 19.0 Å². The first-order valence-electron chi connectivity index (χ1n) is 12.1. The van der Waals surface area contributed by atoms with Crippen LogP contribution in [0.25, 0.3) is 0 Å². The van der Waals surface area contributed by atoms with Gasteiger partial charge in [0.15, 0.2) is 6.04 Å². The van der Waals surface area contributed by atoms with Crippen molar-refractivity contribution in [2.75, 3.05) is 5.32 Å². The van der Waals surface area contributed by atoms with Gasteiger partial charge in [-0.2, -0.15) is 18.3 Å². The molecule has 0 unspecified atom stereocenters. The summed E-state index contributed by atoms with van der Waals surface area (Å²) in [6.07, 6.45) is -3.48. The third kappa shape index (κ3) is 5.38. The molecular formula is C29H27F3N4O. The molecule has 5 nitrogen and oxygen atoms in total. The second kappa shape index (κ2) is 10.1. The second-order valence-electron chi connectivity index (χ2n) is 9.38. The number of aromatic nitrogens is 2. The molecule has 5 rings (SSSR count). The number of halogens is 3.